The van der Waals surface area contributed by atoms with Gasteiger partial charge in [0.1, 0.15) is 11.3 Å². The summed E-state index contributed by atoms with van der Waals surface area (Å²) in [5.74, 6) is -1.31. The third-order valence-corrected chi connectivity index (χ3v) is 2.78. The fourth-order valence-corrected chi connectivity index (χ4v) is 1.96. The molecule has 0 fully saturated rings. The van der Waals surface area contributed by atoms with E-state index in [1.807, 2.05) is 25.1 Å². The van der Waals surface area contributed by atoms with Crippen LogP contribution >= 0.6 is 0 Å². The zero-order chi connectivity index (χ0) is 12.7. The van der Waals surface area contributed by atoms with Crippen LogP contribution in [0.4, 0.5) is 0 Å². The number of benzene rings is 1. The van der Waals surface area contributed by atoms with Crippen molar-refractivity contribution in [1.29, 1.82) is 0 Å². The molecule has 5 heteroatoms. The number of aromatic carboxylic acids is 1. The Morgan fingerprint density at radius 3 is 2.94 bits per heavy atom. The summed E-state index contributed by atoms with van der Waals surface area (Å²) in [5, 5.41) is 13.5. The normalized spacial score (nSPS) is 10.9. The highest BCUT2D eigenvalue weighted by Crippen LogP contribution is 2.31. The number of carboxylic acids is 1. The van der Waals surface area contributed by atoms with E-state index in [1.54, 1.807) is 6.26 Å². The first kappa shape index (κ1) is 10.6. The highest BCUT2D eigenvalue weighted by Gasteiger charge is 2.16. The van der Waals surface area contributed by atoms with Gasteiger partial charge in [-0.25, -0.2) is 4.79 Å². The predicted octanol–water partition coefficient (Wildman–Crippen LogP) is 3.09. The zero-order valence-corrected chi connectivity index (χ0v) is 9.51. The van der Waals surface area contributed by atoms with Crippen LogP contribution < -0.4 is 0 Å². The lowest BCUT2D eigenvalue weighted by Gasteiger charge is -1.98. The number of fused-ring (bicyclic) bond motifs is 1. The lowest BCUT2D eigenvalue weighted by Crippen LogP contribution is -1.91. The molecule has 90 valence electrons. The minimum atomic E-state index is -1.13. The van der Waals surface area contributed by atoms with Crippen LogP contribution in [0, 0.1) is 6.92 Å². The van der Waals surface area contributed by atoms with E-state index in [0.717, 1.165) is 22.1 Å². The van der Waals surface area contributed by atoms with Crippen LogP contribution in [0.5, 0.6) is 0 Å². The van der Waals surface area contributed by atoms with Gasteiger partial charge in [-0.15, -0.1) is 0 Å². The Balaban J connectivity index is 2.24. The van der Waals surface area contributed by atoms with Gasteiger partial charge in [0.2, 0.25) is 5.76 Å². The predicted molar refractivity (Wildman–Crippen MR) is 63.4 cm³/mol. The number of carboxylic acid groups (broad SMARTS) is 1. The number of rotatable bonds is 2. The van der Waals surface area contributed by atoms with Gasteiger partial charge in [0.05, 0.1) is 6.26 Å². The number of carbonyl (C=O) groups is 1. The largest absolute Gasteiger partial charge is 0.475 e. The molecule has 1 aromatic carbocycles. The first-order chi connectivity index (χ1) is 8.66. The van der Waals surface area contributed by atoms with Crippen LogP contribution in [0.3, 0.4) is 0 Å². The number of hydrogen-bond donors (Lipinski definition) is 1. The first-order valence-corrected chi connectivity index (χ1v) is 5.34. The molecule has 2 heterocycles. The van der Waals surface area contributed by atoms with E-state index in [0.29, 0.717) is 5.69 Å². The molecule has 0 saturated carbocycles. The van der Waals surface area contributed by atoms with E-state index in [1.165, 1.54) is 6.07 Å². The van der Waals surface area contributed by atoms with Crippen LogP contribution in [0.25, 0.3) is 22.2 Å². The average molecular weight is 243 g/mol. The molecule has 0 unspecified atom stereocenters. The monoisotopic (exact) mass is 243 g/mol. The third-order valence-electron chi connectivity index (χ3n) is 2.78. The molecule has 0 atom stereocenters. The molecule has 18 heavy (non-hydrogen) atoms. The van der Waals surface area contributed by atoms with E-state index in [2.05, 4.69) is 5.16 Å². The topological polar surface area (TPSA) is 76.5 Å². The van der Waals surface area contributed by atoms with Crippen LogP contribution in [-0.4, -0.2) is 16.2 Å². The van der Waals surface area contributed by atoms with Crippen molar-refractivity contribution < 1.29 is 18.8 Å². The fraction of sp³-hybridized carbons (Fsp3) is 0.0769. The number of hydrogen-bond acceptors (Lipinski definition) is 4. The summed E-state index contributed by atoms with van der Waals surface area (Å²) in [6.45, 7) is 1.92. The van der Waals surface area contributed by atoms with Gasteiger partial charge in [0, 0.05) is 17.0 Å². The minimum Gasteiger partial charge on any atom is -0.475 e. The van der Waals surface area contributed by atoms with Crippen LogP contribution in [0.2, 0.25) is 0 Å². The van der Waals surface area contributed by atoms with Crippen LogP contribution in [0.1, 0.15) is 16.1 Å². The summed E-state index contributed by atoms with van der Waals surface area (Å²) >= 11 is 0. The molecule has 1 N–H and O–H groups in total. The Hall–Kier alpha value is -2.56. The summed E-state index contributed by atoms with van der Waals surface area (Å²) in [7, 11) is 0. The molecule has 0 aliphatic heterocycles. The molecular formula is C13H9NO4. The van der Waals surface area contributed by atoms with Crippen molar-refractivity contribution in [2.24, 2.45) is 0 Å². The highest BCUT2D eigenvalue weighted by atomic mass is 16.5. The Bertz CT molecular complexity index is 738. The number of furan rings is 1. The first-order valence-electron chi connectivity index (χ1n) is 5.34. The van der Waals surface area contributed by atoms with Crippen molar-refractivity contribution in [2.45, 2.75) is 6.92 Å². The summed E-state index contributed by atoms with van der Waals surface area (Å²) in [6, 6.07) is 6.94. The number of aromatic nitrogens is 1. The lowest BCUT2D eigenvalue weighted by atomic mass is 10.0. The highest BCUT2D eigenvalue weighted by molar-refractivity contribution is 5.96. The van der Waals surface area contributed by atoms with Gasteiger partial charge in [-0.1, -0.05) is 17.3 Å². The van der Waals surface area contributed by atoms with Gasteiger partial charge in [-0.2, -0.15) is 0 Å². The van der Waals surface area contributed by atoms with Gasteiger partial charge in [-0.3, -0.25) is 0 Å². The third kappa shape index (κ3) is 1.48. The Morgan fingerprint density at radius 2 is 2.22 bits per heavy atom. The molecular weight excluding hydrogens is 234 g/mol. The molecule has 0 aliphatic rings. The zero-order valence-electron chi connectivity index (χ0n) is 9.51. The van der Waals surface area contributed by atoms with Crippen molar-refractivity contribution in [3.05, 3.63) is 41.9 Å². The van der Waals surface area contributed by atoms with Crippen molar-refractivity contribution in [3.63, 3.8) is 0 Å². The summed E-state index contributed by atoms with van der Waals surface area (Å²) in [6.07, 6.45) is 1.66. The molecule has 3 aromatic rings. The standard InChI is InChI=1S/C13H9NO4/c1-7-6-17-10-4-2-3-8(12(7)10)9-5-11(13(15)16)18-14-9/h2-6H,1H3,(H,15,16). The second kappa shape index (κ2) is 3.73. The van der Waals surface area contributed by atoms with E-state index < -0.39 is 5.97 Å². The summed E-state index contributed by atoms with van der Waals surface area (Å²) in [4.78, 5) is 10.8. The molecule has 2 aromatic heterocycles. The summed E-state index contributed by atoms with van der Waals surface area (Å²) in [5.41, 5.74) is 3.00. The van der Waals surface area contributed by atoms with Gasteiger partial charge >= 0.3 is 5.97 Å². The Labute approximate surface area is 102 Å². The van der Waals surface area contributed by atoms with Crippen molar-refractivity contribution in [2.75, 3.05) is 0 Å². The molecule has 0 amide bonds. The second-order valence-electron chi connectivity index (χ2n) is 3.98. The van der Waals surface area contributed by atoms with E-state index in [4.69, 9.17) is 14.0 Å². The van der Waals surface area contributed by atoms with Gasteiger partial charge in [0.25, 0.3) is 0 Å². The maximum absolute atomic E-state index is 10.8. The number of nitrogens with zero attached hydrogens (tertiary/aromatic N) is 1. The molecule has 0 saturated heterocycles. The molecule has 0 spiro atoms. The average Bonchev–Trinajstić information content (AvgIpc) is 2.96. The minimum absolute atomic E-state index is 0.178. The van der Waals surface area contributed by atoms with E-state index >= 15 is 0 Å². The second-order valence-corrected chi connectivity index (χ2v) is 3.98. The molecule has 0 bridgehead atoms. The maximum Gasteiger partial charge on any atom is 0.374 e. The van der Waals surface area contributed by atoms with Crippen molar-refractivity contribution in [3.8, 4) is 11.3 Å². The fourth-order valence-electron chi connectivity index (χ4n) is 1.96. The smallest absolute Gasteiger partial charge is 0.374 e. The summed E-state index contributed by atoms with van der Waals surface area (Å²) < 4.78 is 10.2. The maximum atomic E-state index is 10.8. The Kier molecular flexibility index (Phi) is 2.19. The Morgan fingerprint density at radius 1 is 1.39 bits per heavy atom. The van der Waals surface area contributed by atoms with Gasteiger partial charge in [0.15, 0.2) is 0 Å². The molecule has 3 rings (SSSR count). The molecule has 0 radical (unpaired) electrons. The van der Waals surface area contributed by atoms with E-state index in [9.17, 15) is 4.79 Å². The van der Waals surface area contributed by atoms with Crippen LogP contribution in [-0.2, 0) is 0 Å². The lowest BCUT2D eigenvalue weighted by molar-refractivity contribution is 0.0652. The molecule has 0 aliphatic carbocycles. The number of aryl methyl sites for hydroxylation is 1. The van der Waals surface area contributed by atoms with Crippen molar-refractivity contribution >= 4 is 16.9 Å². The van der Waals surface area contributed by atoms with Crippen molar-refractivity contribution in [1.82, 2.24) is 5.16 Å². The van der Waals surface area contributed by atoms with Crippen LogP contribution in [0.15, 0.2) is 39.5 Å². The quantitative estimate of drug-likeness (QED) is 0.748. The molecule has 5 nitrogen and oxygen atoms in total. The SMILES string of the molecule is Cc1coc2cccc(-c3cc(C(=O)O)on3)c12. The van der Waals surface area contributed by atoms with Gasteiger partial charge in [-0.05, 0) is 18.6 Å². The van der Waals surface area contributed by atoms with E-state index in [-0.39, 0.29) is 5.76 Å². The van der Waals surface area contributed by atoms with Gasteiger partial charge < -0.3 is 14.0 Å².